The van der Waals surface area contributed by atoms with Gasteiger partial charge in [0.15, 0.2) is 0 Å². The van der Waals surface area contributed by atoms with E-state index in [4.69, 9.17) is 4.98 Å². The molecule has 5 heteroatoms. The Kier molecular flexibility index (Phi) is 7.07. The van der Waals surface area contributed by atoms with Gasteiger partial charge in [-0.3, -0.25) is 8.97 Å². The summed E-state index contributed by atoms with van der Waals surface area (Å²) < 4.78 is 4.52. The average molecular weight is 709 g/mol. The third kappa shape index (κ3) is 4.97. The topological polar surface area (TPSA) is 25.5 Å². The van der Waals surface area contributed by atoms with Crippen LogP contribution in [0, 0.1) is 0 Å². The number of nitrogens with zero attached hydrogens (tertiary/aromatic N) is 4. The average Bonchev–Trinajstić information content (AvgIpc) is 3.78. The van der Waals surface area contributed by atoms with Gasteiger partial charge in [-0.15, -0.1) is 0 Å². The minimum atomic E-state index is 0.918. The van der Waals surface area contributed by atoms with Crippen molar-refractivity contribution in [2.75, 3.05) is 4.90 Å². The standard InChI is InChI=1S/C49H32N4S/c1-3-11-33(12-4-1)37-23-29-45-47(31-37)54-48-32-38(34-13-5-2-6-14-34)24-30-46(48)51(45)39-25-19-35(20-26-39)36-21-27-40(28-22-36)52-43-17-9-10-18-44(43)53-42-16-8-7-15-41(42)50-49(52)53/h1-32H. The van der Waals surface area contributed by atoms with E-state index in [2.05, 4.69) is 202 Å². The van der Waals surface area contributed by atoms with Crippen molar-refractivity contribution in [1.82, 2.24) is 14.0 Å². The molecule has 54 heavy (non-hydrogen) atoms. The van der Waals surface area contributed by atoms with Gasteiger partial charge in [0.2, 0.25) is 5.78 Å². The van der Waals surface area contributed by atoms with Crippen LogP contribution in [0.1, 0.15) is 0 Å². The van der Waals surface area contributed by atoms with Crippen molar-refractivity contribution in [3.63, 3.8) is 0 Å². The Balaban J connectivity index is 0.968. The number of hydrogen-bond donors (Lipinski definition) is 0. The number of fused-ring (bicyclic) bond motifs is 7. The molecule has 4 nitrogen and oxygen atoms in total. The van der Waals surface area contributed by atoms with E-state index < -0.39 is 0 Å². The van der Waals surface area contributed by atoms with Gasteiger partial charge in [0.05, 0.1) is 33.4 Å². The van der Waals surface area contributed by atoms with Crippen molar-refractivity contribution in [3.05, 3.63) is 194 Å². The second-order valence-corrected chi connectivity index (χ2v) is 14.8. The first-order valence-corrected chi connectivity index (χ1v) is 19.0. The highest BCUT2D eigenvalue weighted by Crippen LogP contribution is 2.53. The highest BCUT2D eigenvalue weighted by molar-refractivity contribution is 7.99. The van der Waals surface area contributed by atoms with Crippen molar-refractivity contribution in [3.8, 4) is 39.1 Å². The summed E-state index contributed by atoms with van der Waals surface area (Å²) >= 11 is 1.85. The molecule has 0 unspecified atom stereocenters. The van der Waals surface area contributed by atoms with Crippen LogP contribution >= 0.6 is 11.8 Å². The molecule has 0 saturated carbocycles. The molecule has 0 saturated heterocycles. The smallest absolute Gasteiger partial charge is 0.220 e. The van der Waals surface area contributed by atoms with E-state index >= 15 is 0 Å². The van der Waals surface area contributed by atoms with Gasteiger partial charge in [-0.1, -0.05) is 133 Å². The van der Waals surface area contributed by atoms with E-state index in [-0.39, 0.29) is 0 Å². The van der Waals surface area contributed by atoms with E-state index in [0.717, 1.165) is 39.2 Å². The maximum absolute atomic E-state index is 5.06. The summed E-state index contributed by atoms with van der Waals surface area (Å²) in [5, 5.41) is 0. The second kappa shape index (κ2) is 12.4. The monoisotopic (exact) mass is 708 g/mol. The first-order chi connectivity index (χ1) is 26.8. The zero-order valence-corrected chi connectivity index (χ0v) is 30.0. The molecule has 0 spiro atoms. The fourth-order valence-corrected chi connectivity index (χ4v) is 9.06. The molecule has 0 N–H and O–H groups in total. The van der Waals surface area contributed by atoms with Gasteiger partial charge in [-0.2, -0.15) is 0 Å². The van der Waals surface area contributed by atoms with E-state index in [0.29, 0.717) is 0 Å². The molecule has 8 aromatic carbocycles. The van der Waals surface area contributed by atoms with Gasteiger partial charge < -0.3 is 4.90 Å². The molecule has 11 rings (SSSR count). The summed E-state index contributed by atoms with van der Waals surface area (Å²) in [7, 11) is 0. The summed E-state index contributed by atoms with van der Waals surface area (Å²) in [6, 6.07) is 69.7. The van der Waals surface area contributed by atoms with Gasteiger partial charge in [-0.05, 0) is 106 Å². The van der Waals surface area contributed by atoms with Crippen molar-refractivity contribution < 1.29 is 0 Å². The number of aromatic nitrogens is 3. The first-order valence-electron chi connectivity index (χ1n) is 18.2. The quantitative estimate of drug-likeness (QED) is 0.178. The van der Waals surface area contributed by atoms with Crippen LogP contribution in [-0.4, -0.2) is 14.0 Å². The maximum atomic E-state index is 5.06. The van der Waals surface area contributed by atoms with Crippen LogP contribution in [0.25, 0.3) is 66.9 Å². The summed E-state index contributed by atoms with van der Waals surface area (Å²) in [5.74, 6) is 0.918. The van der Waals surface area contributed by atoms with E-state index in [9.17, 15) is 0 Å². The lowest BCUT2D eigenvalue weighted by molar-refractivity contribution is 1.11. The molecule has 0 amide bonds. The van der Waals surface area contributed by atoms with Crippen molar-refractivity contribution in [2.24, 2.45) is 0 Å². The molecule has 1 aliphatic rings. The SMILES string of the molecule is c1ccc(-c2ccc3c(c2)Sc2cc(-c4ccccc4)ccc2N3c2ccc(-c3ccc(-n4c5ccccc5n5c6ccccc6nc45)cc3)cc2)cc1. The number of imidazole rings is 2. The van der Waals surface area contributed by atoms with Crippen LogP contribution in [0.5, 0.6) is 0 Å². The van der Waals surface area contributed by atoms with Gasteiger partial charge in [0.25, 0.3) is 0 Å². The summed E-state index contributed by atoms with van der Waals surface area (Å²) in [6.07, 6.45) is 0. The van der Waals surface area contributed by atoms with Crippen molar-refractivity contribution >= 4 is 56.7 Å². The molecule has 0 atom stereocenters. The molecule has 2 aromatic heterocycles. The van der Waals surface area contributed by atoms with Gasteiger partial charge in [-0.25, -0.2) is 4.98 Å². The highest BCUT2D eigenvalue weighted by atomic mass is 32.2. The molecule has 3 heterocycles. The number of hydrogen-bond acceptors (Lipinski definition) is 3. The van der Waals surface area contributed by atoms with E-state index in [1.165, 1.54) is 54.5 Å². The number of benzene rings is 8. The lowest BCUT2D eigenvalue weighted by Gasteiger charge is -2.33. The third-order valence-corrected chi connectivity index (χ3v) is 11.6. The molecular weight excluding hydrogens is 677 g/mol. The summed E-state index contributed by atoms with van der Waals surface area (Å²) in [6.45, 7) is 0. The molecule has 254 valence electrons. The molecule has 0 bridgehead atoms. The molecule has 0 fully saturated rings. The lowest BCUT2D eigenvalue weighted by atomic mass is 10.0. The number of para-hydroxylation sites is 4. The Labute approximate surface area is 317 Å². The van der Waals surface area contributed by atoms with Gasteiger partial charge in [0.1, 0.15) is 0 Å². The number of anilines is 3. The zero-order chi connectivity index (χ0) is 35.6. The van der Waals surface area contributed by atoms with Crippen LogP contribution in [0.15, 0.2) is 204 Å². The largest absolute Gasteiger partial charge is 0.308 e. The van der Waals surface area contributed by atoms with Crippen molar-refractivity contribution in [1.29, 1.82) is 0 Å². The molecule has 0 radical (unpaired) electrons. The highest BCUT2D eigenvalue weighted by Gasteiger charge is 2.26. The Morgan fingerprint density at radius 3 is 1.43 bits per heavy atom. The zero-order valence-electron chi connectivity index (χ0n) is 29.2. The predicted octanol–water partition coefficient (Wildman–Crippen LogP) is 13.4. The molecule has 10 aromatic rings. The Hall–Kier alpha value is -6.82. The fourth-order valence-electron chi connectivity index (χ4n) is 7.92. The minimum absolute atomic E-state index is 0.918. The number of rotatable bonds is 5. The van der Waals surface area contributed by atoms with E-state index in [1.54, 1.807) is 0 Å². The molecular formula is C49H32N4S. The Bertz CT molecular complexity index is 2910. The van der Waals surface area contributed by atoms with Gasteiger partial charge in [0, 0.05) is 21.2 Å². The van der Waals surface area contributed by atoms with E-state index in [1.807, 2.05) is 17.8 Å². The second-order valence-electron chi connectivity index (χ2n) is 13.7. The molecule has 1 aliphatic heterocycles. The Morgan fingerprint density at radius 1 is 0.370 bits per heavy atom. The summed E-state index contributed by atoms with van der Waals surface area (Å²) in [5.41, 5.74) is 16.2. The fraction of sp³-hybridized carbons (Fsp3) is 0. The third-order valence-electron chi connectivity index (χ3n) is 10.5. The molecule has 0 aliphatic carbocycles. The van der Waals surface area contributed by atoms with Crippen LogP contribution in [0.4, 0.5) is 17.1 Å². The summed E-state index contributed by atoms with van der Waals surface area (Å²) in [4.78, 5) is 9.95. The maximum Gasteiger partial charge on any atom is 0.220 e. The van der Waals surface area contributed by atoms with Crippen LogP contribution in [-0.2, 0) is 0 Å². The van der Waals surface area contributed by atoms with Crippen LogP contribution < -0.4 is 4.90 Å². The minimum Gasteiger partial charge on any atom is -0.308 e. The van der Waals surface area contributed by atoms with Crippen molar-refractivity contribution in [2.45, 2.75) is 9.79 Å². The normalized spacial score (nSPS) is 12.3. The van der Waals surface area contributed by atoms with Crippen LogP contribution in [0.3, 0.4) is 0 Å². The van der Waals surface area contributed by atoms with Crippen LogP contribution in [0.2, 0.25) is 0 Å². The first kappa shape index (κ1) is 30.8. The lowest BCUT2D eigenvalue weighted by Crippen LogP contribution is -2.15. The Morgan fingerprint density at radius 2 is 0.833 bits per heavy atom. The van der Waals surface area contributed by atoms with Gasteiger partial charge >= 0.3 is 0 Å². The predicted molar refractivity (Wildman–Crippen MR) is 225 cm³/mol.